The average Bonchev–Trinajstić information content (AvgIpc) is 3.15. The molecule has 0 amide bonds. The maximum atomic E-state index is 6.39. The maximum Gasteiger partial charge on any atom is 0.0107 e. The molecule has 0 radical (unpaired) electrons. The molecule has 2 aliphatic carbocycles. The van der Waals surface area contributed by atoms with Crippen molar-refractivity contribution < 1.29 is 0 Å². The van der Waals surface area contributed by atoms with Crippen LogP contribution in [0.3, 0.4) is 0 Å². The molecule has 1 nitrogen and oxygen atoms in total. The molecule has 0 saturated heterocycles. The topological polar surface area (TPSA) is 26.0 Å². The van der Waals surface area contributed by atoms with E-state index in [9.17, 15) is 0 Å². The zero-order valence-electron chi connectivity index (χ0n) is 10.2. The van der Waals surface area contributed by atoms with Crippen molar-refractivity contribution in [1.29, 1.82) is 0 Å². The van der Waals surface area contributed by atoms with Crippen LogP contribution >= 0.6 is 0 Å². The van der Waals surface area contributed by atoms with E-state index in [2.05, 4.69) is 44.2 Å². The summed E-state index contributed by atoms with van der Waals surface area (Å²) in [5.41, 5.74) is 8.39. The minimum atomic E-state index is 0.431. The van der Waals surface area contributed by atoms with Crippen molar-refractivity contribution in [2.45, 2.75) is 38.6 Å². The summed E-state index contributed by atoms with van der Waals surface area (Å²) in [6.07, 6.45) is 2.63. The molecule has 1 heteroatoms. The van der Waals surface area contributed by atoms with Crippen LogP contribution in [0.1, 0.15) is 38.2 Å². The summed E-state index contributed by atoms with van der Waals surface area (Å²) < 4.78 is 0. The maximum absolute atomic E-state index is 6.39. The fourth-order valence-electron chi connectivity index (χ4n) is 3.19. The smallest absolute Gasteiger partial charge is 0.0107 e. The largest absolute Gasteiger partial charge is 0.327 e. The summed E-state index contributed by atoms with van der Waals surface area (Å²) in [5.74, 6) is 2.26. The zero-order chi connectivity index (χ0) is 11.3. The van der Waals surface area contributed by atoms with Crippen molar-refractivity contribution in [2.75, 3.05) is 0 Å². The lowest BCUT2D eigenvalue weighted by Gasteiger charge is -2.13. The second-order valence-electron chi connectivity index (χ2n) is 6.29. The quantitative estimate of drug-likeness (QED) is 0.823. The number of rotatable bonds is 3. The molecule has 2 fully saturated rings. The summed E-state index contributed by atoms with van der Waals surface area (Å²) in [7, 11) is 0. The second-order valence-corrected chi connectivity index (χ2v) is 6.29. The first-order valence-electron chi connectivity index (χ1n) is 6.40. The Hall–Kier alpha value is -0.820. The molecule has 16 heavy (non-hydrogen) atoms. The average molecular weight is 215 g/mol. The van der Waals surface area contributed by atoms with Crippen molar-refractivity contribution in [3.05, 3.63) is 35.9 Å². The number of hydrogen-bond donors (Lipinski definition) is 1. The van der Waals surface area contributed by atoms with Gasteiger partial charge in [-0.15, -0.1) is 0 Å². The van der Waals surface area contributed by atoms with Crippen LogP contribution in [0.4, 0.5) is 0 Å². The minimum Gasteiger partial charge on any atom is -0.327 e. The molecule has 0 aliphatic heterocycles. The van der Waals surface area contributed by atoms with Gasteiger partial charge in [-0.05, 0) is 41.6 Å². The zero-order valence-corrected chi connectivity index (χ0v) is 10.2. The van der Waals surface area contributed by atoms with Gasteiger partial charge in [0.2, 0.25) is 0 Å². The van der Waals surface area contributed by atoms with Gasteiger partial charge < -0.3 is 5.73 Å². The normalized spacial score (nSPS) is 36.8. The van der Waals surface area contributed by atoms with Gasteiger partial charge >= 0.3 is 0 Å². The van der Waals surface area contributed by atoms with E-state index < -0.39 is 0 Å². The third kappa shape index (κ3) is 1.67. The molecule has 0 heterocycles. The summed E-state index contributed by atoms with van der Waals surface area (Å²) >= 11 is 0. The number of nitrogens with two attached hydrogens (primary N) is 1. The minimum absolute atomic E-state index is 0.431. The molecule has 2 saturated carbocycles. The van der Waals surface area contributed by atoms with Gasteiger partial charge in [0.25, 0.3) is 0 Å². The lowest BCUT2D eigenvalue weighted by atomic mass is 9.98. The fraction of sp³-hybridized carbons (Fsp3) is 0.600. The van der Waals surface area contributed by atoms with Crippen LogP contribution in [0.25, 0.3) is 0 Å². The Bertz CT molecular complexity index is 382. The van der Waals surface area contributed by atoms with E-state index in [4.69, 9.17) is 5.73 Å². The summed E-state index contributed by atoms with van der Waals surface area (Å²) in [5, 5.41) is 0. The molecule has 1 aromatic carbocycles. The Balaban J connectivity index is 1.64. The van der Waals surface area contributed by atoms with Crippen LogP contribution in [-0.2, 0) is 0 Å². The number of hydrogen-bond acceptors (Lipinski definition) is 1. The third-order valence-electron chi connectivity index (χ3n) is 4.62. The highest BCUT2D eigenvalue weighted by Gasteiger charge is 2.55. The molecule has 2 N–H and O–H groups in total. The molecule has 2 aliphatic rings. The Labute approximate surface area is 98.0 Å². The van der Waals surface area contributed by atoms with Crippen molar-refractivity contribution in [1.82, 2.24) is 0 Å². The molecule has 4 unspecified atom stereocenters. The lowest BCUT2D eigenvalue weighted by molar-refractivity contribution is 0.438. The van der Waals surface area contributed by atoms with Gasteiger partial charge in [-0.1, -0.05) is 44.2 Å². The van der Waals surface area contributed by atoms with E-state index in [1.54, 1.807) is 0 Å². The van der Waals surface area contributed by atoms with E-state index in [0.717, 1.165) is 17.8 Å². The summed E-state index contributed by atoms with van der Waals surface area (Å²) in [4.78, 5) is 0. The number of benzene rings is 1. The molecule has 3 rings (SSSR count). The second kappa shape index (κ2) is 3.33. The van der Waals surface area contributed by atoms with Crippen molar-refractivity contribution >= 4 is 0 Å². The lowest BCUT2D eigenvalue weighted by Crippen LogP contribution is -2.27. The molecule has 4 atom stereocenters. The van der Waals surface area contributed by atoms with E-state index in [-0.39, 0.29) is 0 Å². The molecular weight excluding hydrogens is 194 g/mol. The Morgan fingerprint density at radius 3 is 2.44 bits per heavy atom. The highest BCUT2D eigenvalue weighted by atomic mass is 14.8. The first-order valence-corrected chi connectivity index (χ1v) is 6.40. The fourth-order valence-corrected chi connectivity index (χ4v) is 3.19. The standard InChI is InChI=1S/C15H21N/c1-15(2)9-13(15)14(16)12-8-11(12)10-6-4-3-5-7-10/h3-7,11-14H,8-9,16H2,1-2H3. The van der Waals surface area contributed by atoms with Gasteiger partial charge in [0.15, 0.2) is 0 Å². The van der Waals surface area contributed by atoms with Gasteiger partial charge in [0, 0.05) is 6.04 Å². The molecule has 0 bridgehead atoms. The predicted molar refractivity (Wildman–Crippen MR) is 67.2 cm³/mol. The van der Waals surface area contributed by atoms with Gasteiger partial charge in [-0.25, -0.2) is 0 Å². The van der Waals surface area contributed by atoms with Gasteiger partial charge in [-0.2, -0.15) is 0 Å². The molecule has 0 spiro atoms. The summed E-state index contributed by atoms with van der Waals surface area (Å²) in [6, 6.07) is 11.3. The molecule has 0 aromatic heterocycles. The van der Waals surface area contributed by atoms with Crippen LogP contribution in [0.5, 0.6) is 0 Å². The first-order chi connectivity index (χ1) is 7.59. The van der Waals surface area contributed by atoms with Gasteiger partial charge in [-0.3, -0.25) is 0 Å². The van der Waals surface area contributed by atoms with E-state index >= 15 is 0 Å². The summed E-state index contributed by atoms with van der Waals surface area (Å²) in [6.45, 7) is 4.69. The SMILES string of the molecule is CC1(C)CC1C(N)C1CC1c1ccccc1. The molecular formula is C15H21N. The Morgan fingerprint density at radius 1 is 1.25 bits per heavy atom. The van der Waals surface area contributed by atoms with Gasteiger partial charge in [0.1, 0.15) is 0 Å². The Morgan fingerprint density at radius 2 is 1.88 bits per heavy atom. The van der Waals surface area contributed by atoms with E-state index in [1.807, 2.05) is 0 Å². The van der Waals surface area contributed by atoms with E-state index in [1.165, 1.54) is 18.4 Å². The van der Waals surface area contributed by atoms with E-state index in [0.29, 0.717) is 11.5 Å². The van der Waals surface area contributed by atoms with Crippen molar-refractivity contribution in [3.8, 4) is 0 Å². The van der Waals surface area contributed by atoms with Crippen LogP contribution in [0.15, 0.2) is 30.3 Å². The van der Waals surface area contributed by atoms with Crippen LogP contribution < -0.4 is 5.73 Å². The third-order valence-corrected chi connectivity index (χ3v) is 4.62. The highest BCUT2D eigenvalue weighted by molar-refractivity contribution is 5.27. The van der Waals surface area contributed by atoms with Crippen LogP contribution in [0, 0.1) is 17.3 Å². The van der Waals surface area contributed by atoms with Crippen LogP contribution in [0.2, 0.25) is 0 Å². The molecule has 86 valence electrons. The van der Waals surface area contributed by atoms with Gasteiger partial charge in [0.05, 0.1) is 0 Å². The molecule has 1 aromatic rings. The van der Waals surface area contributed by atoms with Crippen molar-refractivity contribution in [3.63, 3.8) is 0 Å². The predicted octanol–water partition coefficient (Wildman–Crippen LogP) is 3.16. The highest BCUT2D eigenvalue weighted by Crippen LogP contribution is 2.60. The first kappa shape index (κ1) is 10.3. The van der Waals surface area contributed by atoms with Crippen molar-refractivity contribution in [2.24, 2.45) is 23.0 Å². The monoisotopic (exact) mass is 215 g/mol. The van der Waals surface area contributed by atoms with Crippen LogP contribution in [-0.4, -0.2) is 6.04 Å². The Kier molecular flexibility index (Phi) is 2.16.